The van der Waals surface area contributed by atoms with Gasteiger partial charge >= 0.3 is 6.18 Å². The molecule has 6 heteroatoms. The molecule has 0 saturated heterocycles. The Bertz CT molecular complexity index is 471. The predicted molar refractivity (Wildman–Crippen MR) is 72.7 cm³/mol. The van der Waals surface area contributed by atoms with Crippen LogP contribution in [0, 0.1) is 5.92 Å². The number of benzene rings is 1. The Morgan fingerprint density at radius 3 is 2.42 bits per heavy atom. The zero-order chi connectivity index (χ0) is 14.8. The van der Waals surface area contributed by atoms with E-state index in [0.717, 1.165) is 6.07 Å². The number of alkyl halides is 4. The molecule has 0 aliphatic heterocycles. The zero-order valence-corrected chi connectivity index (χ0v) is 12.7. The second-order valence-electron chi connectivity index (χ2n) is 4.54. The van der Waals surface area contributed by atoms with Gasteiger partial charge in [-0.3, -0.25) is 4.79 Å². The molecule has 1 unspecified atom stereocenters. The molecule has 1 aromatic rings. The summed E-state index contributed by atoms with van der Waals surface area (Å²) in [4.78, 5) is 11.2. The van der Waals surface area contributed by atoms with Gasteiger partial charge in [-0.25, -0.2) is 0 Å². The maximum atomic E-state index is 12.7. The summed E-state index contributed by atoms with van der Waals surface area (Å²) in [6.07, 6.45) is -4.28. The van der Waals surface area contributed by atoms with Gasteiger partial charge in [-0.2, -0.15) is 13.2 Å². The third kappa shape index (κ3) is 4.49. The van der Waals surface area contributed by atoms with Gasteiger partial charge in [0.15, 0.2) is 0 Å². The Morgan fingerprint density at radius 2 is 1.95 bits per heavy atom. The van der Waals surface area contributed by atoms with E-state index in [1.165, 1.54) is 12.1 Å². The lowest BCUT2D eigenvalue weighted by molar-refractivity contribution is -0.137. The van der Waals surface area contributed by atoms with Crippen molar-refractivity contribution < 1.29 is 18.0 Å². The van der Waals surface area contributed by atoms with E-state index in [0.29, 0.717) is 5.56 Å². The number of carbonyl (C=O) groups is 1. The number of rotatable bonds is 4. The van der Waals surface area contributed by atoms with Crippen LogP contribution in [0.25, 0.3) is 0 Å². The summed E-state index contributed by atoms with van der Waals surface area (Å²) in [5.41, 5.74) is -0.448. The van der Waals surface area contributed by atoms with E-state index in [1.54, 1.807) is 13.8 Å². The summed E-state index contributed by atoms with van der Waals surface area (Å²) >= 11 is 8.74. The highest BCUT2D eigenvalue weighted by Gasteiger charge is 2.33. The first-order valence-corrected chi connectivity index (χ1v) is 6.95. The largest absolute Gasteiger partial charge is 0.417 e. The van der Waals surface area contributed by atoms with Crippen LogP contribution in [0.4, 0.5) is 13.2 Å². The maximum Gasteiger partial charge on any atom is 0.417 e. The SMILES string of the molecule is CC(C)C(=O)C(Br)Cc1ccc(Cl)c(C(F)(F)F)c1. The molecule has 0 aromatic heterocycles. The summed E-state index contributed by atoms with van der Waals surface area (Å²) in [6.45, 7) is 3.50. The average molecular weight is 358 g/mol. The second-order valence-corrected chi connectivity index (χ2v) is 6.05. The van der Waals surface area contributed by atoms with Crippen molar-refractivity contribution >= 4 is 33.3 Å². The first kappa shape index (κ1) is 16.5. The molecule has 0 bridgehead atoms. The number of hydrogen-bond donors (Lipinski definition) is 0. The minimum Gasteiger partial charge on any atom is -0.298 e. The molecule has 0 heterocycles. The molecule has 19 heavy (non-hydrogen) atoms. The van der Waals surface area contributed by atoms with Gasteiger partial charge in [-0.15, -0.1) is 0 Å². The van der Waals surface area contributed by atoms with Crippen molar-refractivity contribution in [2.75, 3.05) is 0 Å². The van der Waals surface area contributed by atoms with Gasteiger partial charge in [0.1, 0.15) is 5.78 Å². The van der Waals surface area contributed by atoms with Crippen molar-refractivity contribution in [3.63, 3.8) is 0 Å². The van der Waals surface area contributed by atoms with Crippen molar-refractivity contribution in [3.8, 4) is 0 Å². The molecule has 0 radical (unpaired) electrons. The summed E-state index contributed by atoms with van der Waals surface area (Å²) < 4.78 is 38.1. The third-order valence-corrected chi connectivity index (χ3v) is 3.73. The highest BCUT2D eigenvalue weighted by atomic mass is 79.9. The number of halogens is 5. The summed E-state index contributed by atoms with van der Waals surface area (Å²) in [7, 11) is 0. The van der Waals surface area contributed by atoms with Crippen LogP contribution in [0.15, 0.2) is 18.2 Å². The van der Waals surface area contributed by atoms with Crippen molar-refractivity contribution in [3.05, 3.63) is 34.3 Å². The van der Waals surface area contributed by atoms with Crippen molar-refractivity contribution in [2.24, 2.45) is 5.92 Å². The molecule has 0 aliphatic rings. The fourth-order valence-corrected chi connectivity index (χ4v) is 2.71. The van der Waals surface area contributed by atoms with Crippen molar-refractivity contribution in [1.29, 1.82) is 0 Å². The maximum absolute atomic E-state index is 12.7. The molecule has 0 amide bonds. The fraction of sp³-hybridized carbons (Fsp3) is 0.462. The summed E-state index contributed by atoms with van der Waals surface area (Å²) in [5, 5.41) is -0.336. The normalized spacial score (nSPS) is 13.7. The lowest BCUT2D eigenvalue weighted by atomic mass is 9.99. The standard InChI is InChI=1S/C13H13BrClF3O/c1-7(2)12(19)10(14)6-8-3-4-11(15)9(5-8)13(16,17)18/h3-5,7,10H,6H2,1-2H3. The van der Waals surface area contributed by atoms with Gasteiger partial charge in [0.05, 0.1) is 15.4 Å². The van der Waals surface area contributed by atoms with E-state index in [-0.39, 0.29) is 23.1 Å². The highest BCUT2D eigenvalue weighted by Crippen LogP contribution is 2.35. The van der Waals surface area contributed by atoms with Crippen LogP contribution in [0.3, 0.4) is 0 Å². The van der Waals surface area contributed by atoms with Crippen LogP contribution in [0.2, 0.25) is 5.02 Å². The summed E-state index contributed by atoms with van der Waals surface area (Å²) in [5.74, 6) is -0.206. The molecule has 1 rings (SSSR count). The lowest BCUT2D eigenvalue weighted by Gasteiger charge is -2.14. The van der Waals surface area contributed by atoms with Crippen LogP contribution in [-0.4, -0.2) is 10.6 Å². The molecular formula is C13H13BrClF3O. The zero-order valence-electron chi connectivity index (χ0n) is 10.4. The first-order chi connectivity index (χ1) is 8.62. The van der Waals surface area contributed by atoms with E-state index < -0.39 is 16.6 Å². The van der Waals surface area contributed by atoms with Crippen molar-refractivity contribution in [1.82, 2.24) is 0 Å². The van der Waals surface area contributed by atoms with Gasteiger partial charge in [-0.1, -0.05) is 47.4 Å². The topological polar surface area (TPSA) is 17.1 Å². The quantitative estimate of drug-likeness (QED) is 0.701. The number of carbonyl (C=O) groups excluding carboxylic acids is 1. The number of Topliss-reactive ketones (excluding diaryl/α,β-unsaturated/α-hetero) is 1. The Hall–Kier alpha value is -0.550. The van der Waals surface area contributed by atoms with Gasteiger partial charge in [-0.05, 0) is 24.1 Å². The van der Waals surface area contributed by atoms with Crippen LogP contribution in [0.5, 0.6) is 0 Å². The molecule has 0 saturated carbocycles. The Kier molecular flexibility index (Phi) is 5.44. The molecule has 0 aliphatic carbocycles. The monoisotopic (exact) mass is 356 g/mol. The van der Waals surface area contributed by atoms with E-state index in [1.807, 2.05) is 0 Å². The Labute approximate surface area is 123 Å². The molecule has 106 valence electrons. The predicted octanol–water partition coefficient (Wildman–Crippen LogP) is 4.89. The Balaban J connectivity index is 2.95. The molecule has 0 fully saturated rings. The summed E-state index contributed by atoms with van der Waals surface area (Å²) in [6, 6.07) is 3.70. The van der Waals surface area contributed by atoms with E-state index in [9.17, 15) is 18.0 Å². The molecule has 1 atom stereocenters. The lowest BCUT2D eigenvalue weighted by Crippen LogP contribution is -2.22. The van der Waals surface area contributed by atoms with Crippen molar-refractivity contribution in [2.45, 2.75) is 31.3 Å². The average Bonchev–Trinajstić information content (AvgIpc) is 2.28. The van der Waals surface area contributed by atoms with Crippen LogP contribution >= 0.6 is 27.5 Å². The highest BCUT2D eigenvalue weighted by molar-refractivity contribution is 9.10. The fourth-order valence-electron chi connectivity index (χ4n) is 1.59. The molecule has 0 spiro atoms. The van der Waals surface area contributed by atoms with E-state index in [2.05, 4.69) is 15.9 Å². The third-order valence-electron chi connectivity index (χ3n) is 2.63. The van der Waals surface area contributed by atoms with Crippen LogP contribution in [-0.2, 0) is 17.4 Å². The van der Waals surface area contributed by atoms with Gasteiger partial charge in [0.2, 0.25) is 0 Å². The Morgan fingerprint density at radius 1 is 1.37 bits per heavy atom. The smallest absolute Gasteiger partial charge is 0.298 e. The van der Waals surface area contributed by atoms with E-state index in [4.69, 9.17) is 11.6 Å². The van der Waals surface area contributed by atoms with Crippen LogP contribution in [0.1, 0.15) is 25.0 Å². The van der Waals surface area contributed by atoms with Crippen LogP contribution < -0.4 is 0 Å². The minimum absolute atomic E-state index is 0.0384. The molecular weight excluding hydrogens is 344 g/mol. The van der Waals surface area contributed by atoms with Gasteiger partial charge < -0.3 is 0 Å². The van der Waals surface area contributed by atoms with Gasteiger partial charge in [0, 0.05) is 5.92 Å². The van der Waals surface area contributed by atoms with E-state index >= 15 is 0 Å². The number of hydrogen-bond acceptors (Lipinski definition) is 1. The molecule has 0 N–H and O–H groups in total. The van der Waals surface area contributed by atoms with Gasteiger partial charge in [0.25, 0.3) is 0 Å². The first-order valence-electron chi connectivity index (χ1n) is 5.66. The molecule has 1 aromatic carbocycles. The minimum atomic E-state index is -4.49. The second kappa shape index (κ2) is 6.27. The molecule has 1 nitrogen and oxygen atoms in total. The number of ketones is 1.